The molecule has 0 aliphatic carbocycles. The van der Waals surface area contributed by atoms with Crippen molar-refractivity contribution >= 4 is 17.6 Å². The molecule has 2 N–H and O–H groups in total. The van der Waals surface area contributed by atoms with Gasteiger partial charge in [-0.2, -0.15) is 0 Å². The number of H-pyrrole nitrogens is 1. The van der Waals surface area contributed by atoms with Gasteiger partial charge in [-0.3, -0.25) is 4.79 Å². The molecule has 0 saturated carbocycles. The lowest BCUT2D eigenvalue weighted by Gasteiger charge is -2.19. The van der Waals surface area contributed by atoms with Crippen molar-refractivity contribution in [3.63, 3.8) is 0 Å². The number of esters is 1. The molecule has 0 aliphatic heterocycles. The van der Waals surface area contributed by atoms with Crippen molar-refractivity contribution in [3.8, 4) is 0 Å². The quantitative estimate of drug-likeness (QED) is 0.484. The van der Waals surface area contributed by atoms with E-state index in [1.54, 1.807) is 21.0 Å². The van der Waals surface area contributed by atoms with Crippen LogP contribution in [0.25, 0.3) is 0 Å². The Labute approximate surface area is 166 Å². The normalized spacial score (nSPS) is 10.6. The van der Waals surface area contributed by atoms with E-state index in [2.05, 4.69) is 27.3 Å². The van der Waals surface area contributed by atoms with Gasteiger partial charge in [0.15, 0.2) is 0 Å². The number of carbonyl (C=O) groups is 2. The summed E-state index contributed by atoms with van der Waals surface area (Å²) >= 11 is 0. The number of aromatic amines is 1. The average Bonchev–Trinajstić information content (AvgIpc) is 3.00. The predicted octanol–water partition coefficient (Wildman–Crippen LogP) is 2.69. The van der Waals surface area contributed by atoms with Crippen LogP contribution in [0.3, 0.4) is 0 Å². The monoisotopic (exact) mass is 387 g/mol. The van der Waals surface area contributed by atoms with Crippen LogP contribution in [0.15, 0.2) is 30.3 Å². The van der Waals surface area contributed by atoms with Crippen molar-refractivity contribution in [2.45, 2.75) is 20.3 Å². The van der Waals surface area contributed by atoms with Crippen LogP contribution >= 0.6 is 0 Å². The van der Waals surface area contributed by atoms with Crippen molar-refractivity contribution in [1.29, 1.82) is 0 Å². The first kappa shape index (κ1) is 21.5. The highest BCUT2D eigenvalue weighted by Crippen LogP contribution is 2.19. The van der Waals surface area contributed by atoms with Crippen molar-refractivity contribution < 1.29 is 19.1 Å². The van der Waals surface area contributed by atoms with Crippen molar-refractivity contribution in [3.05, 3.63) is 52.8 Å². The van der Waals surface area contributed by atoms with E-state index in [-0.39, 0.29) is 12.5 Å². The topological polar surface area (TPSA) is 83.7 Å². The molecule has 1 heterocycles. The summed E-state index contributed by atoms with van der Waals surface area (Å²) in [5.41, 5.74) is 3.16. The molecule has 1 amide bonds. The smallest absolute Gasteiger partial charge is 0.340 e. The second-order valence-electron chi connectivity index (χ2n) is 6.62. The molecule has 0 aliphatic rings. The van der Waals surface area contributed by atoms with Crippen LogP contribution in [0.5, 0.6) is 0 Å². The molecule has 0 radical (unpaired) electrons. The van der Waals surface area contributed by atoms with Gasteiger partial charge < -0.3 is 24.7 Å². The molecule has 0 saturated heterocycles. The van der Waals surface area contributed by atoms with E-state index in [0.717, 1.165) is 18.7 Å². The predicted molar refractivity (Wildman–Crippen MR) is 109 cm³/mol. The highest BCUT2D eigenvalue weighted by Gasteiger charge is 2.22. The molecule has 0 bridgehead atoms. The van der Waals surface area contributed by atoms with Gasteiger partial charge in [0.05, 0.1) is 12.2 Å². The highest BCUT2D eigenvalue weighted by atomic mass is 16.6. The third kappa shape index (κ3) is 5.60. The van der Waals surface area contributed by atoms with Gasteiger partial charge in [-0.15, -0.1) is 0 Å². The number of carbonyl (C=O) groups excluding carboxylic acids is 2. The lowest BCUT2D eigenvalue weighted by Crippen LogP contribution is -2.28. The highest BCUT2D eigenvalue weighted by molar-refractivity contribution is 6.00. The van der Waals surface area contributed by atoms with E-state index < -0.39 is 5.97 Å². The summed E-state index contributed by atoms with van der Waals surface area (Å²) in [4.78, 5) is 29.9. The molecular weight excluding hydrogens is 358 g/mol. The average molecular weight is 387 g/mol. The Balaban J connectivity index is 1.87. The number of nitrogens with one attached hydrogen (secondary N) is 2. The first-order chi connectivity index (χ1) is 13.5. The molecule has 152 valence electrons. The van der Waals surface area contributed by atoms with E-state index in [4.69, 9.17) is 9.47 Å². The Hall–Kier alpha value is -2.80. The minimum atomic E-state index is -0.452. The van der Waals surface area contributed by atoms with E-state index in [9.17, 15) is 9.59 Å². The number of aromatic nitrogens is 1. The standard InChI is InChI=1S/C21H29N3O4/c1-15-18(21(26)28-14-13-27-4)16(2)23-19(15)20(25)22-11-8-12-24(3)17-9-6-5-7-10-17/h5-7,9-10,23H,8,11-14H2,1-4H3,(H,22,25). The number of amides is 1. The Morgan fingerprint density at radius 2 is 1.86 bits per heavy atom. The van der Waals surface area contributed by atoms with Crippen molar-refractivity contribution in [2.24, 2.45) is 0 Å². The molecule has 0 unspecified atom stereocenters. The molecule has 2 rings (SSSR count). The largest absolute Gasteiger partial charge is 0.460 e. The minimum absolute atomic E-state index is 0.176. The molecule has 0 fully saturated rings. The van der Waals surface area contributed by atoms with Crippen LogP contribution in [0.2, 0.25) is 0 Å². The van der Waals surface area contributed by atoms with Gasteiger partial charge in [-0.1, -0.05) is 18.2 Å². The molecule has 1 aromatic heterocycles. The first-order valence-electron chi connectivity index (χ1n) is 9.35. The first-order valence-corrected chi connectivity index (χ1v) is 9.35. The summed E-state index contributed by atoms with van der Waals surface area (Å²) in [6.45, 7) is 5.38. The summed E-state index contributed by atoms with van der Waals surface area (Å²) in [6.07, 6.45) is 0.807. The molecule has 28 heavy (non-hydrogen) atoms. The van der Waals surface area contributed by atoms with Gasteiger partial charge >= 0.3 is 5.97 Å². The third-order valence-electron chi connectivity index (χ3n) is 4.54. The maximum atomic E-state index is 12.5. The summed E-state index contributed by atoms with van der Waals surface area (Å²) in [6, 6.07) is 10.1. The number of ether oxygens (including phenoxy) is 2. The number of aryl methyl sites for hydroxylation is 1. The zero-order chi connectivity index (χ0) is 20.5. The van der Waals surface area contributed by atoms with Crippen LogP contribution in [-0.4, -0.2) is 57.3 Å². The van der Waals surface area contributed by atoms with E-state index in [1.165, 1.54) is 0 Å². The molecular formula is C21H29N3O4. The SMILES string of the molecule is COCCOC(=O)c1c(C)[nH]c(C(=O)NCCCN(C)c2ccccc2)c1C. The number of nitrogens with zero attached hydrogens (tertiary/aromatic N) is 1. The van der Waals surface area contributed by atoms with Crippen LogP contribution in [0.4, 0.5) is 5.69 Å². The van der Waals surface area contributed by atoms with Crippen LogP contribution in [0.1, 0.15) is 38.5 Å². The van der Waals surface area contributed by atoms with Crippen molar-refractivity contribution in [2.75, 3.05) is 45.4 Å². The van der Waals surface area contributed by atoms with Gasteiger partial charge in [0.1, 0.15) is 12.3 Å². The molecule has 0 atom stereocenters. The van der Waals surface area contributed by atoms with Gasteiger partial charge in [-0.05, 0) is 38.0 Å². The number of anilines is 1. The Kier molecular flexibility index (Phi) is 8.07. The number of para-hydroxylation sites is 1. The second kappa shape index (κ2) is 10.5. The third-order valence-corrected chi connectivity index (χ3v) is 4.54. The fourth-order valence-electron chi connectivity index (χ4n) is 2.99. The van der Waals surface area contributed by atoms with Crippen LogP contribution < -0.4 is 10.2 Å². The van der Waals surface area contributed by atoms with Gasteiger partial charge in [0.2, 0.25) is 0 Å². The fraction of sp³-hybridized carbons (Fsp3) is 0.429. The van der Waals surface area contributed by atoms with E-state index in [1.807, 2.05) is 25.2 Å². The van der Waals surface area contributed by atoms with Gasteiger partial charge in [0, 0.05) is 38.6 Å². The summed E-state index contributed by atoms with van der Waals surface area (Å²) in [5.74, 6) is -0.675. The van der Waals surface area contributed by atoms with Crippen LogP contribution in [-0.2, 0) is 9.47 Å². The second-order valence-corrected chi connectivity index (χ2v) is 6.62. The lowest BCUT2D eigenvalue weighted by atomic mass is 10.1. The zero-order valence-corrected chi connectivity index (χ0v) is 17.0. The zero-order valence-electron chi connectivity index (χ0n) is 17.0. The number of hydrogen-bond acceptors (Lipinski definition) is 5. The van der Waals surface area contributed by atoms with Crippen molar-refractivity contribution in [1.82, 2.24) is 10.3 Å². The molecule has 7 heteroatoms. The van der Waals surface area contributed by atoms with Crippen LogP contribution in [0, 0.1) is 13.8 Å². The number of benzene rings is 1. The maximum Gasteiger partial charge on any atom is 0.340 e. The number of hydrogen-bond donors (Lipinski definition) is 2. The Morgan fingerprint density at radius 1 is 1.14 bits per heavy atom. The van der Waals surface area contributed by atoms with E-state index >= 15 is 0 Å². The number of rotatable bonds is 10. The molecule has 1 aromatic carbocycles. The minimum Gasteiger partial charge on any atom is -0.460 e. The Morgan fingerprint density at radius 3 is 2.54 bits per heavy atom. The molecule has 0 spiro atoms. The fourth-order valence-corrected chi connectivity index (χ4v) is 2.99. The summed E-state index contributed by atoms with van der Waals surface area (Å²) < 4.78 is 10.0. The van der Waals surface area contributed by atoms with E-state index in [0.29, 0.717) is 35.7 Å². The summed E-state index contributed by atoms with van der Waals surface area (Å²) in [7, 11) is 3.57. The molecule has 2 aromatic rings. The lowest BCUT2D eigenvalue weighted by molar-refractivity contribution is 0.0387. The maximum absolute atomic E-state index is 12.5. The van der Waals surface area contributed by atoms with Gasteiger partial charge in [0.25, 0.3) is 5.91 Å². The Bertz CT molecular complexity index is 786. The van der Waals surface area contributed by atoms with Gasteiger partial charge in [-0.25, -0.2) is 4.79 Å². The summed E-state index contributed by atoms with van der Waals surface area (Å²) in [5, 5.41) is 2.91. The molecule has 7 nitrogen and oxygen atoms in total. The number of methoxy groups -OCH3 is 1.